The molecule has 1 atom stereocenters. The van der Waals surface area contributed by atoms with Crippen LogP contribution >= 0.6 is 11.6 Å². The normalized spacial score (nSPS) is 12.4. The van der Waals surface area contributed by atoms with Crippen LogP contribution in [0, 0.1) is 5.82 Å². The Morgan fingerprint density at radius 2 is 1.86 bits per heavy atom. The van der Waals surface area contributed by atoms with Crippen molar-refractivity contribution in [2.75, 3.05) is 13.2 Å². The molecule has 0 amide bonds. The van der Waals surface area contributed by atoms with E-state index >= 15 is 0 Å². The first-order valence-electron chi connectivity index (χ1n) is 7.44. The molecule has 0 fully saturated rings. The molecule has 0 aromatic heterocycles. The Bertz CT molecular complexity index is 616. The average molecular weight is 323 g/mol. The molecule has 2 rings (SSSR count). The van der Waals surface area contributed by atoms with E-state index in [1.807, 2.05) is 0 Å². The lowest BCUT2D eigenvalue weighted by molar-refractivity contribution is 0.0332. The molecule has 2 aromatic rings. The Morgan fingerprint density at radius 1 is 1.14 bits per heavy atom. The fraction of sp³-hybridized carbons (Fsp3) is 0.333. The van der Waals surface area contributed by atoms with E-state index in [1.54, 1.807) is 42.5 Å². The van der Waals surface area contributed by atoms with Crippen molar-refractivity contribution in [1.29, 1.82) is 0 Å². The minimum Gasteiger partial charge on any atom is -0.386 e. The molecule has 0 saturated carbocycles. The Labute approximate surface area is 135 Å². The first-order valence-corrected chi connectivity index (χ1v) is 7.82. The third-order valence-electron chi connectivity index (χ3n) is 3.47. The van der Waals surface area contributed by atoms with Crippen molar-refractivity contribution >= 4 is 11.6 Å². The zero-order chi connectivity index (χ0) is 15.9. The van der Waals surface area contributed by atoms with Crippen LogP contribution in [0.3, 0.4) is 0 Å². The second kappa shape index (κ2) is 8.28. The van der Waals surface area contributed by atoms with Gasteiger partial charge in [-0.05, 0) is 12.5 Å². The molecule has 0 spiro atoms. The Hall–Kier alpha value is -1.42. The van der Waals surface area contributed by atoms with Crippen molar-refractivity contribution in [2.45, 2.75) is 25.9 Å². The Kier molecular flexibility index (Phi) is 6.37. The number of unbranched alkanes of at least 4 members (excludes halogenated alkanes) is 1. The van der Waals surface area contributed by atoms with Crippen molar-refractivity contribution in [3.8, 4) is 11.1 Å². The van der Waals surface area contributed by atoms with Crippen LogP contribution in [-0.4, -0.2) is 18.3 Å². The van der Waals surface area contributed by atoms with Gasteiger partial charge in [0, 0.05) is 28.3 Å². The quantitative estimate of drug-likeness (QED) is 0.727. The van der Waals surface area contributed by atoms with Gasteiger partial charge in [0.05, 0.1) is 6.61 Å². The monoisotopic (exact) mass is 322 g/mol. The summed E-state index contributed by atoms with van der Waals surface area (Å²) >= 11 is 6.13. The number of ether oxygens (including phenoxy) is 1. The number of hydrogen-bond acceptors (Lipinski definition) is 2. The number of rotatable bonds is 7. The van der Waals surface area contributed by atoms with Crippen molar-refractivity contribution in [3.05, 3.63) is 58.9 Å². The average Bonchev–Trinajstić information content (AvgIpc) is 2.52. The summed E-state index contributed by atoms with van der Waals surface area (Å²) in [7, 11) is 0. The molecule has 2 aromatic carbocycles. The van der Waals surface area contributed by atoms with E-state index in [0.717, 1.165) is 12.8 Å². The van der Waals surface area contributed by atoms with Gasteiger partial charge in [-0.2, -0.15) is 0 Å². The highest BCUT2D eigenvalue weighted by Crippen LogP contribution is 2.32. The fourth-order valence-electron chi connectivity index (χ4n) is 2.23. The number of hydrogen-bond donors (Lipinski definition) is 1. The highest BCUT2D eigenvalue weighted by atomic mass is 35.5. The zero-order valence-corrected chi connectivity index (χ0v) is 13.3. The van der Waals surface area contributed by atoms with Crippen molar-refractivity contribution in [2.24, 2.45) is 0 Å². The summed E-state index contributed by atoms with van der Waals surface area (Å²) in [5, 5.41) is 10.6. The molecule has 1 N–H and O–H groups in total. The number of benzene rings is 2. The van der Waals surface area contributed by atoms with Gasteiger partial charge in [-0.3, -0.25) is 0 Å². The van der Waals surface area contributed by atoms with Crippen LogP contribution in [-0.2, 0) is 4.74 Å². The molecule has 4 heteroatoms. The van der Waals surface area contributed by atoms with Gasteiger partial charge in [0.1, 0.15) is 11.9 Å². The first-order chi connectivity index (χ1) is 10.6. The van der Waals surface area contributed by atoms with Gasteiger partial charge in [-0.25, -0.2) is 4.39 Å². The van der Waals surface area contributed by atoms with Gasteiger partial charge < -0.3 is 9.84 Å². The van der Waals surface area contributed by atoms with E-state index in [1.165, 1.54) is 0 Å². The SMILES string of the molecule is CCCCOCC(O)c1cccc(-c2ccccc2Cl)c1F. The molecule has 2 nitrogen and oxygen atoms in total. The molecule has 0 saturated heterocycles. The zero-order valence-electron chi connectivity index (χ0n) is 12.6. The summed E-state index contributed by atoms with van der Waals surface area (Å²) < 4.78 is 20.1. The molecule has 0 radical (unpaired) electrons. The summed E-state index contributed by atoms with van der Waals surface area (Å²) in [6.45, 7) is 2.72. The van der Waals surface area contributed by atoms with E-state index in [9.17, 15) is 9.50 Å². The number of aliphatic hydroxyl groups excluding tert-OH is 1. The maximum absolute atomic E-state index is 14.7. The highest BCUT2D eigenvalue weighted by molar-refractivity contribution is 6.33. The Morgan fingerprint density at radius 3 is 2.59 bits per heavy atom. The first kappa shape index (κ1) is 16.9. The third-order valence-corrected chi connectivity index (χ3v) is 3.80. The van der Waals surface area contributed by atoms with Crippen LogP contribution in [0.15, 0.2) is 42.5 Å². The third kappa shape index (κ3) is 4.07. The summed E-state index contributed by atoms with van der Waals surface area (Å²) in [6, 6.07) is 12.0. The van der Waals surface area contributed by atoms with E-state index in [-0.39, 0.29) is 12.2 Å². The van der Waals surface area contributed by atoms with Crippen molar-refractivity contribution in [1.82, 2.24) is 0 Å². The number of aliphatic hydroxyl groups is 1. The molecule has 0 aliphatic carbocycles. The summed E-state index contributed by atoms with van der Waals surface area (Å²) in [5.41, 5.74) is 1.23. The van der Waals surface area contributed by atoms with Gasteiger partial charge in [0.25, 0.3) is 0 Å². The summed E-state index contributed by atoms with van der Waals surface area (Å²) in [6.07, 6.45) is 0.959. The van der Waals surface area contributed by atoms with Crippen LogP contribution in [0.4, 0.5) is 4.39 Å². The lowest BCUT2D eigenvalue weighted by Crippen LogP contribution is -2.10. The van der Waals surface area contributed by atoms with Gasteiger partial charge in [0.15, 0.2) is 0 Å². The predicted molar refractivity (Wildman–Crippen MR) is 87.5 cm³/mol. The van der Waals surface area contributed by atoms with E-state index in [2.05, 4.69) is 6.92 Å². The smallest absolute Gasteiger partial charge is 0.136 e. The molecule has 1 unspecified atom stereocenters. The summed E-state index contributed by atoms with van der Waals surface area (Å²) in [4.78, 5) is 0. The molecule has 0 heterocycles. The molecule has 0 aliphatic rings. The van der Waals surface area contributed by atoms with Crippen LogP contribution in [0.1, 0.15) is 31.4 Å². The van der Waals surface area contributed by atoms with Crippen molar-refractivity contribution in [3.63, 3.8) is 0 Å². The van der Waals surface area contributed by atoms with Crippen LogP contribution in [0.5, 0.6) is 0 Å². The Balaban J connectivity index is 2.21. The molecular formula is C18H20ClFO2. The summed E-state index contributed by atoms with van der Waals surface area (Å²) in [5.74, 6) is -0.456. The standard InChI is InChI=1S/C18H20ClFO2/c1-2-3-11-22-12-17(21)15-9-6-8-14(18(15)20)13-7-4-5-10-16(13)19/h4-10,17,21H,2-3,11-12H2,1H3. The van der Waals surface area contributed by atoms with Crippen LogP contribution in [0.25, 0.3) is 11.1 Å². The highest BCUT2D eigenvalue weighted by Gasteiger charge is 2.17. The molecule has 0 bridgehead atoms. The molecular weight excluding hydrogens is 303 g/mol. The van der Waals surface area contributed by atoms with Gasteiger partial charge in [0.2, 0.25) is 0 Å². The predicted octanol–water partition coefficient (Wildman–Crippen LogP) is 5.00. The van der Waals surface area contributed by atoms with E-state index in [4.69, 9.17) is 16.3 Å². The maximum atomic E-state index is 14.7. The van der Waals surface area contributed by atoms with Crippen molar-refractivity contribution < 1.29 is 14.2 Å². The second-order valence-corrected chi connectivity index (χ2v) is 5.54. The van der Waals surface area contributed by atoms with Crippen LogP contribution in [0.2, 0.25) is 5.02 Å². The largest absolute Gasteiger partial charge is 0.386 e. The lowest BCUT2D eigenvalue weighted by Gasteiger charge is -2.15. The van der Waals surface area contributed by atoms with Crippen LogP contribution < -0.4 is 0 Å². The molecule has 22 heavy (non-hydrogen) atoms. The minimum absolute atomic E-state index is 0.0862. The minimum atomic E-state index is -0.987. The van der Waals surface area contributed by atoms with Gasteiger partial charge in [-0.1, -0.05) is 61.3 Å². The van der Waals surface area contributed by atoms with E-state index < -0.39 is 11.9 Å². The fourth-order valence-corrected chi connectivity index (χ4v) is 2.46. The maximum Gasteiger partial charge on any atom is 0.136 e. The second-order valence-electron chi connectivity index (χ2n) is 5.13. The van der Waals surface area contributed by atoms with Gasteiger partial charge >= 0.3 is 0 Å². The lowest BCUT2D eigenvalue weighted by atomic mass is 9.99. The topological polar surface area (TPSA) is 29.5 Å². The van der Waals surface area contributed by atoms with E-state index in [0.29, 0.717) is 22.8 Å². The molecule has 0 aliphatic heterocycles. The van der Waals surface area contributed by atoms with Gasteiger partial charge in [-0.15, -0.1) is 0 Å². The number of halogens is 2. The molecule has 118 valence electrons.